The van der Waals surface area contributed by atoms with E-state index in [1.165, 1.54) is 24.0 Å². The van der Waals surface area contributed by atoms with E-state index in [1.807, 2.05) is 0 Å². The Hall–Kier alpha value is -1.85. The van der Waals surface area contributed by atoms with Gasteiger partial charge in [0.05, 0.1) is 12.5 Å². The fourth-order valence-corrected chi connectivity index (χ4v) is 0.908. The first kappa shape index (κ1) is 10.2. The lowest BCUT2D eigenvalue weighted by Crippen LogP contribution is -2.38. The van der Waals surface area contributed by atoms with E-state index < -0.39 is 17.9 Å². The molecule has 0 aromatic carbocycles. The highest BCUT2D eigenvalue weighted by Gasteiger charge is 2.16. The molecule has 0 aliphatic rings. The standard InChI is InChI=1S/C8H11N3O3/c1-5(8(13)14)10-7(12)6-3-9-4-11(6)2/h3-5H,1-2H3,(H,10,12)(H,13,14). The Bertz CT molecular complexity index is 358. The van der Waals surface area contributed by atoms with Crippen molar-refractivity contribution in [1.29, 1.82) is 0 Å². The van der Waals surface area contributed by atoms with Crippen molar-refractivity contribution in [2.45, 2.75) is 13.0 Å². The van der Waals surface area contributed by atoms with E-state index in [0.29, 0.717) is 5.69 Å². The third kappa shape index (κ3) is 2.09. The summed E-state index contributed by atoms with van der Waals surface area (Å²) in [6, 6.07) is -0.905. The maximum atomic E-state index is 11.4. The Balaban J connectivity index is 2.69. The van der Waals surface area contributed by atoms with Gasteiger partial charge in [-0.2, -0.15) is 0 Å². The van der Waals surface area contributed by atoms with Crippen LogP contribution in [0.1, 0.15) is 17.4 Å². The van der Waals surface area contributed by atoms with Crippen molar-refractivity contribution in [3.05, 3.63) is 18.2 Å². The molecule has 0 saturated carbocycles. The first-order valence-corrected chi connectivity index (χ1v) is 4.02. The van der Waals surface area contributed by atoms with Gasteiger partial charge in [-0.25, -0.2) is 4.98 Å². The van der Waals surface area contributed by atoms with E-state index in [0.717, 1.165) is 0 Å². The molecule has 1 unspecified atom stereocenters. The highest BCUT2D eigenvalue weighted by molar-refractivity contribution is 5.94. The first-order valence-electron chi connectivity index (χ1n) is 4.02. The van der Waals surface area contributed by atoms with Crippen LogP contribution in [0.4, 0.5) is 0 Å². The molecule has 0 aliphatic heterocycles. The molecule has 1 amide bonds. The highest BCUT2D eigenvalue weighted by Crippen LogP contribution is 1.96. The Morgan fingerprint density at radius 2 is 2.29 bits per heavy atom. The number of aromatic nitrogens is 2. The minimum absolute atomic E-state index is 0.332. The van der Waals surface area contributed by atoms with Gasteiger partial charge in [-0.05, 0) is 6.92 Å². The zero-order chi connectivity index (χ0) is 10.7. The summed E-state index contributed by atoms with van der Waals surface area (Å²) >= 11 is 0. The van der Waals surface area contributed by atoms with Crippen molar-refractivity contribution >= 4 is 11.9 Å². The summed E-state index contributed by atoms with van der Waals surface area (Å²) < 4.78 is 1.52. The van der Waals surface area contributed by atoms with Gasteiger partial charge in [0.1, 0.15) is 11.7 Å². The fraction of sp³-hybridized carbons (Fsp3) is 0.375. The zero-order valence-electron chi connectivity index (χ0n) is 7.89. The Kier molecular flexibility index (Phi) is 2.85. The SMILES string of the molecule is CC(NC(=O)c1cncn1C)C(=O)O. The van der Waals surface area contributed by atoms with E-state index in [9.17, 15) is 9.59 Å². The van der Waals surface area contributed by atoms with E-state index in [4.69, 9.17) is 5.11 Å². The van der Waals surface area contributed by atoms with Crippen LogP contribution in [-0.4, -0.2) is 32.6 Å². The van der Waals surface area contributed by atoms with Gasteiger partial charge in [0.15, 0.2) is 0 Å². The molecule has 0 spiro atoms. The van der Waals surface area contributed by atoms with Crippen LogP contribution in [0.3, 0.4) is 0 Å². The van der Waals surface area contributed by atoms with Crippen molar-refractivity contribution in [3.63, 3.8) is 0 Å². The van der Waals surface area contributed by atoms with Crippen LogP contribution in [0, 0.1) is 0 Å². The van der Waals surface area contributed by atoms with Crippen LogP contribution in [0.15, 0.2) is 12.5 Å². The molecule has 6 heteroatoms. The van der Waals surface area contributed by atoms with Crippen LogP contribution < -0.4 is 5.32 Å². The molecule has 1 heterocycles. The summed E-state index contributed by atoms with van der Waals surface area (Å²) in [5.41, 5.74) is 0.332. The number of carboxylic acid groups (broad SMARTS) is 1. The van der Waals surface area contributed by atoms with Crippen molar-refractivity contribution in [2.24, 2.45) is 7.05 Å². The summed E-state index contributed by atoms with van der Waals surface area (Å²) in [6.45, 7) is 1.40. The topological polar surface area (TPSA) is 84.2 Å². The Labute approximate surface area is 80.6 Å². The van der Waals surface area contributed by atoms with Gasteiger partial charge in [0, 0.05) is 7.05 Å². The Morgan fingerprint density at radius 3 is 2.71 bits per heavy atom. The number of aliphatic carboxylic acids is 1. The second-order valence-electron chi connectivity index (χ2n) is 2.92. The molecule has 6 nitrogen and oxygen atoms in total. The summed E-state index contributed by atoms with van der Waals surface area (Å²) in [7, 11) is 1.66. The summed E-state index contributed by atoms with van der Waals surface area (Å²) in [6.07, 6.45) is 2.85. The molecule has 1 aromatic heterocycles. The minimum atomic E-state index is -1.07. The molecular formula is C8H11N3O3. The molecule has 76 valence electrons. The van der Waals surface area contributed by atoms with Gasteiger partial charge in [0.2, 0.25) is 0 Å². The molecule has 2 N–H and O–H groups in total. The number of carbonyl (C=O) groups excluding carboxylic acids is 1. The summed E-state index contributed by atoms with van der Waals surface area (Å²) in [4.78, 5) is 25.6. The third-order valence-electron chi connectivity index (χ3n) is 1.77. The van der Waals surface area contributed by atoms with Crippen molar-refractivity contribution in [2.75, 3.05) is 0 Å². The number of amides is 1. The lowest BCUT2D eigenvalue weighted by molar-refractivity contribution is -0.138. The van der Waals surface area contributed by atoms with Crippen LogP contribution in [-0.2, 0) is 11.8 Å². The zero-order valence-corrected chi connectivity index (χ0v) is 7.89. The molecule has 0 saturated heterocycles. The number of carbonyl (C=O) groups is 2. The fourth-order valence-electron chi connectivity index (χ4n) is 0.908. The smallest absolute Gasteiger partial charge is 0.325 e. The molecule has 1 aromatic rings. The number of hydrogen-bond acceptors (Lipinski definition) is 3. The van der Waals surface area contributed by atoms with Crippen molar-refractivity contribution in [3.8, 4) is 0 Å². The summed E-state index contributed by atoms with van der Waals surface area (Å²) in [5, 5.41) is 10.9. The van der Waals surface area contributed by atoms with E-state index in [2.05, 4.69) is 10.3 Å². The van der Waals surface area contributed by atoms with E-state index in [-0.39, 0.29) is 0 Å². The van der Waals surface area contributed by atoms with Crippen LogP contribution in [0.25, 0.3) is 0 Å². The average Bonchev–Trinajstić information content (AvgIpc) is 2.51. The number of hydrogen-bond donors (Lipinski definition) is 2. The van der Waals surface area contributed by atoms with Gasteiger partial charge < -0.3 is 15.0 Å². The maximum Gasteiger partial charge on any atom is 0.325 e. The number of carboxylic acids is 1. The number of imidazole rings is 1. The molecule has 0 radical (unpaired) electrons. The van der Waals surface area contributed by atoms with Crippen LogP contribution >= 0.6 is 0 Å². The van der Waals surface area contributed by atoms with Crippen molar-refractivity contribution < 1.29 is 14.7 Å². The summed E-state index contributed by atoms with van der Waals surface area (Å²) in [5.74, 6) is -1.51. The quantitative estimate of drug-likeness (QED) is 0.692. The molecule has 1 atom stereocenters. The van der Waals surface area contributed by atoms with Gasteiger partial charge in [-0.3, -0.25) is 9.59 Å². The number of nitrogens with zero attached hydrogens (tertiary/aromatic N) is 2. The van der Waals surface area contributed by atoms with Crippen LogP contribution in [0.2, 0.25) is 0 Å². The number of nitrogens with one attached hydrogen (secondary N) is 1. The molecular weight excluding hydrogens is 186 g/mol. The number of rotatable bonds is 3. The average molecular weight is 197 g/mol. The predicted octanol–water partition coefficient (Wildman–Crippen LogP) is -0.377. The normalized spacial score (nSPS) is 12.1. The monoisotopic (exact) mass is 197 g/mol. The predicted molar refractivity (Wildman–Crippen MR) is 47.8 cm³/mol. The molecule has 0 fully saturated rings. The van der Waals surface area contributed by atoms with Gasteiger partial charge in [0.25, 0.3) is 5.91 Å². The first-order chi connectivity index (χ1) is 6.52. The molecule has 0 aliphatic carbocycles. The largest absolute Gasteiger partial charge is 0.480 e. The minimum Gasteiger partial charge on any atom is -0.480 e. The van der Waals surface area contributed by atoms with Crippen LogP contribution in [0.5, 0.6) is 0 Å². The highest BCUT2D eigenvalue weighted by atomic mass is 16.4. The van der Waals surface area contributed by atoms with Crippen molar-refractivity contribution in [1.82, 2.24) is 14.9 Å². The third-order valence-corrected chi connectivity index (χ3v) is 1.77. The number of aryl methyl sites for hydroxylation is 1. The van der Waals surface area contributed by atoms with E-state index >= 15 is 0 Å². The maximum absolute atomic E-state index is 11.4. The van der Waals surface area contributed by atoms with Gasteiger partial charge in [-0.15, -0.1) is 0 Å². The van der Waals surface area contributed by atoms with E-state index in [1.54, 1.807) is 7.05 Å². The second kappa shape index (κ2) is 3.91. The Morgan fingerprint density at radius 1 is 1.64 bits per heavy atom. The molecule has 1 rings (SSSR count). The lowest BCUT2D eigenvalue weighted by atomic mass is 10.3. The second-order valence-corrected chi connectivity index (χ2v) is 2.92. The molecule has 14 heavy (non-hydrogen) atoms. The van der Waals surface area contributed by atoms with Gasteiger partial charge in [-0.1, -0.05) is 0 Å². The lowest BCUT2D eigenvalue weighted by Gasteiger charge is -2.08. The molecule has 0 bridgehead atoms. The van der Waals surface area contributed by atoms with Gasteiger partial charge >= 0.3 is 5.97 Å².